The highest BCUT2D eigenvalue weighted by molar-refractivity contribution is 9.10. The number of ether oxygens (including phenoxy) is 1. The number of alkyl halides is 1. The lowest BCUT2D eigenvalue weighted by atomic mass is 10.2. The molecule has 0 aliphatic carbocycles. The van der Waals surface area contributed by atoms with Crippen LogP contribution >= 0.6 is 43.5 Å². The standard InChI is InChI=1S/C14H11Br2ClO/c15-12-3-1-10(2-4-12)9-18-13-5-6-14(16)11(7-13)8-17/h1-7H,8-9H2. The lowest BCUT2D eigenvalue weighted by Crippen LogP contribution is -1.95. The van der Waals surface area contributed by atoms with Gasteiger partial charge in [0, 0.05) is 14.8 Å². The summed E-state index contributed by atoms with van der Waals surface area (Å²) in [6.45, 7) is 0.552. The smallest absolute Gasteiger partial charge is 0.120 e. The van der Waals surface area contributed by atoms with Crippen LogP contribution in [0.5, 0.6) is 5.75 Å². The highest BCUT2D eigenvalue weighted by Gasteiger charge is 2.02. The van der Waals surface area contributed by atoms with Crippen molar-refractivity contribution in [3.63, 3.8) is 0 Å². The summed E-state index contributed by atoms with van der Waals surface area (Å²) in [5.41, 5.74) is 2.17. The highest BCUT2D eigenvalue weighted by Crippen LogP contribution is 2.24. The molecule has 0 aromatic heterocycles. The molecule has 0 saturated carbocycles. The molecule has 0 fully saturated rings. The van der Waals surface area contributed by atoms with Gasteiger partial charge in [-0.15, -0.1) is 11.6 Å². The Labute approximate surface area is 128 Å². The molecule has 0 unspecified atom stereocenters. The van der Waals surface area contributed by atoms with Crippen molar-refractivity contribution in [1.82, 2.24) is 0 Å². The number of hydrogen-bond acceptors (Lipinski definition) is 1. The molecule has 2 aromatic carbocycles. The van der Waals surface area contributed by atoms with Gasteiger partial charge >= 0.3 is 0 Å². The summed E-state index contributed by atoms with van der Waals surface area (Å²) >= 11 is 12.7. The predicted octanol–water partition coefficient (Wildman–Crippen LogP) is 5.53. The second kappa shape index (κ2) is 6.60. The Bertz CT molecular complexity index is 526. The Morgan fingerprint density at radius 3 is 2.39 bits per heavy atom. The average Bonchev–Trinajstić information content (AvgIpc) is 2.39. The van der Waals surface area contributed by atoms with Crippen LogP contribution in [0.1, 0.15) is 11.1 Å². The average molecular weight is 391 g/mol. The van der Waals surface area contributed by atoms with Crippen LogP contribution in [-0.4, -0.2) is 0 Å². The molecule has 0 atom stereocenters. The normalized spacial score (nSPS) is 10.4. The summed E-state index contributed by atoms with van der Waals surface area (Å²) in [6.07, 6.45) is 0. The number of hydrogen-bond donors (Lipinski definition) is 0. The van der Waals surface area contributed by atoms with Gasteiger partial charge in [0.15, 0.2) is 0 Å². The molecular weight excluding hydrogens is 379 g/mol. The molecule has 18 heavy (non-hydrogen) atoms. The van der Waals surface area contributed by atoms with Gasteiger partial charge in [0.05, 0.1) is 0 Å². The van der Waals surface area contributed by atoms with Crippen LogP contribution < -0.4 is 4.74 Å². The minimum Gasteiger partial charge on any atom is -0.489 e. The van der Waals surface area contributed by atoms with Gasteiger partial charge in [0.1, 0.15) is 12.4 Å². The molecule has 0 bridgehead atoms. The summed E-state index contributed by atoms with van der Waals surface area (Å²) in [6, 6.07) is 13.9. The fourth-order valence-corrected chi connectivity index (χ4v) is 2.52. The Hall–Kier alpha value is -0.510. The van der Waals surface area contributed by atoms with Gasteiger partial charge in [-0.1, -0.05) is 44.0 Å². The molecule has 0 saturated heterocycles. The van der Waals surface area contributed by atoms with Gasteiger partial charge in [0.25, 0.3) is 0 Å². The quantitative estimate of drug-likeness (QED) is 0.624. The van der Waals surface area contributed by atoms with Crippen molar-refractivity contribution >= 4 is 43.5 Å². The van der Waals surface area contributed by atoms with Gasteiger partial charge in [-0.2, -0.15) is 0 Å². The predicted molar refractivity (Wildman–Crippen MR) is 82.2 cm³/mol. The van der Waals surface area contributed by atoms with E-state index < -0.39 is 0 Å². The maximum atomic E-state index is 5.85. The van der Waals surface area contributed by atoms with E-state index >= 15 is 0 Å². The molecule has 0 spiro atoms. The van der Waals surface area contributed by atoms with Gasteiger partial charge < -0.3 is 4.74 Å². The summed E-state index contributed by atoms with van der Waals surface area (Å²) in [7, 11) is 0. The molecule has 0 N–H and O–H groups in total. The van der Waals surface area contributed by atoms with E-state index in [2.05, 4.69) is 31.9 Å². The topological polar surface area (TPSA) is 9.23 Å². The largest absolute Gasteiger partial charge is 0.489 e. The minimum absolute atomic E-state index is 0.468. The van der Waals surface area contributed by atoms with E-state index in [1.807, 2.05) is 42.5 Å². The summed E-state index contributed by atoms with van der Waals surface area (Å²) in [5, 5.41) is 0. The fraction of sp³-hybridized carbons (Fsp3) is 0.143. The van der Waals surface area contributed by atoms with Crippen molar-refractivity contribution in [3.05, 3.63) is 62.5 Å². The molecule has 1 nitrogen and oxygen atoms in total. The number of rotatable bonds is 4. The third kappa shape index (κ3) is 3.74. The van der Waals surface area contributed by atoms with E-state index in [0.717, 1.165) is 25.8 Å². The van der Waals surface area contributed by atoms with Crippen LogP contribution in [0.3, 0.4) is 0 Å². The van der Waals surface area contributed by atoms with E-state index in [-0.39, 0.29) is 0 Å². The molecule has 0 aliphatic heterocycles. The molecule has 0 aliphatic rings. The van der Waals surface area contributed by atoms with Crippen molar-refractivity contribution in [2.24, 2.45) is 0 Å². The summed E-state index contributed by atoms with van der Waals surface area (Å²) < 4.78 is 7.81. The van der Waals surface area contributed by atoms with Crippen LogP contribution in [-0.2, 0) is 12.5 Å². The zero-order chi connectivity index (χ0) is 13.0. The zero-order valence-corrected chi connectivity index (χ0v) is 13.4. The Balaban J connectivity index is 2.04. The molecule has 4 heteroatoms. The first-order valence-electron chi connectivity index (χ1n) is 5.40. The van der Waals surface area contributed by atoms with E-state index in [9.17, 15) is 0 Å². The lowest BCUT2D eigenvalue weighted by Gasteiger charge is -2.08. The van der Waals surface area contributed by atoms with Crippen LogP contribution in [0.4, 0.5) is 0 Å². The van der Waals surface area contributed by atoms with E-state index in [0.29, 0.717) is 12.5 Å². The maximum absolute atomic E-state index is 5.85. The second-order valence-corrected chi connectivity index (χ2v) is 5.84. The van der Waals surface area contributed by atoms with Gasteiger partial charge in [-0.3, -0.25) is 0 Å². The van der Waals surface area contributed by atoms with Crippen LogP contribution in [0.2, 0.25) is 0 Å². The number of halogens is 3. The molecule has 0 heterocycles. The van der Waals surface area contributed by atoms with Crippen molar-refractivity contribution in [3.8, 4) is 5.75 Å². The van der Waals surface area contributed by atoms with Crippen LogP contribution in [0, 0.1) is 0 Å². The van der Waals surface area contributed by atoms with Crippen molar-refractivity contribution in [2.45, 2.75) is 12.5 Å². The van der Waals surface area contributed by atoms with E-state index in [1.54, 1.807) is 0 Å². The zero-order valence-electron chi connectivity index (χ0n) is 9.50. The molecule has 0 radical (unpaired) electrons. The van der Waals surface area contributed by atoms with E-state index in [4.69, 9.17) is 16.3 Å². The van der Waals surface area contributed by atoms with Gasteiger partial charge in [0.2, 0.25) is 0 Å². The molecular formula is C14H11Br2ClO. The second-order valence-electron chi connectivity index (χ2n) is 3.80. The third-order valence-corrected chi connectivity index (χ3v) is 4.07. The Morgan fingerprint density at radius 1 is 1.00 bits per heavy atom. The van der Waals surface area contributed by atoms with Crippen LogP contribution in [0.15, 0.2) is 51.4 Å². The molecule has 2 rings (SSSR count). The molecule has 2 aromatic rings. The minimum atomic E-state index is 0.468. The summed E-state index contributed by atoms with van der Waals surface area (Å²) in [4.78, 5) is 0. The van der Waals surface area contributed by atoms with Gasteiger partial charge in [-0.25, -0.2) is 0 Å². The van der Waals surface area contributed by atoms with Crippen molar-refractivity contribution in [1.29, 1.82) is 0 Å². The fourth-order valence-electron chi connectivity index (χ4n) is 1.49. The monoisotopic (exact) mass is 388 g/mol. The first-order valence-corrected chi connectivity index (χ1v) is 7.53. The Morgan fingerprint density at radius 2 is 1.72 bits per heavy atom. The third-order valence-electron chi connectivity index (χ3n) is 2.48. The molecule has 0 amide bonds. The SMILES string of the molecule is ClCc1cc(OCc2ccc(Br)cc2)ccc1Br. The highest BCUT2D eigenvalue weighted by atomic mass is 79.9. The molecule has 94 valence electrons. The van der Waals surface area contributed by atoms with Crippen molar-refractivity contribution < 1.29 is 4.74 Å². The summed E-state index contributed by atoms with van der Waals surface area (Å²) in [5.74, 6) is 1.30. The lowest BCUT2D eigenvalue weighted by molar-refractivity contribution is 0.306. The Kier molecular flexibility index (Phi) is 5.10. The van der Waals surface area contributed by atoms with Crippen LogP contribution in [0.25, 0.3) is 0 Å². The van der Waals surface area contributed by atoms with E-state index in [1.165, 1.54) is 0 Å². The van der Waals surface area contributed by atoms with Crippen molar-refractivity contribution in [2.75, 3.05) is 0 Å². The first kappa shape index (κ1) is 13.9. The first-order chi connectivity index (χ1) is 8.69. The maximum Gasteiger partial charge on any atom is 0.120 e. The number of benzene rings is 2. The van der Waals surface area contributed by atoms with Gasteiger partial charge in [-0.05, 0) is 41.5 Å².